The van der Waals surface area contributed by atoms with E-state index >= 15 is 0 Å². The van der Waals surface area contributed by atoms with Gasteiger partial charge in [0.05, 0.1) is 5.52 Å². The molecule has 1 fully saturated rings. The van der Waals surface area contributed by atoms with Crippen molar-refractivity contribution in [1.29, 1.82) is 0 Å². The Morgan fingerprint density at radius 1 is 1.00 bits per heavy atom. The Balaban J connectivity index is 2.00. The van der Waals surface area contributed by atoms with Crippen LogP contribution in [0.15, 0.2) is 36.5 Å². The second-order valence-electron chi connectivity index (χ2n) is 5.03. The Bertz CT molecular complexity index is 508. The highest BCUT2D eigenvalue weighted by atomic mass is 14.7. The summed E-state index contributed by atoms with van der Waals surface area (Å²) in [6, 6.07) is 11.0. The van der Waals surface area contributed by atoms with Crippen LogP contribution in [-0.2, 0) is 0 Å². The fourth-order valence-electron chi connectivity index (χ4n) is 2.90. The van der Waals surface area contributed by atoms with E-state index in [0.717, 1.165) is 18.4 Å². The summed E-state index contributed by atoms with van der Waals surface area (Å²) < 4.78 is 0. The minimum atomic E-state index is 0.416. The van der Waals surface area contributed by atoms with Gasteiger partial charge in [0.2, 0.25) is 0 Å². The maximum atomic E-state index is 5.98. The summed E-state index contributed by atoms with van der Waals surface area (Å²) in [5, 5.41) is 1.32. The maximum absolute atomic E-state index is 5.98. The Morgan fingerprint density at radius 2 is 1.76 bits per heavy atom. The maximum Gasteiger partial charge on any atom is 0.0704 e. The number of fused-ring (bicyclic) bond motifs is 1. The van der Waals surface area contributed by atoms with Crippen molar-refractivity contribution < 1.29 is 0 Å². The third-order valence-corrected chi connectivity index (χ3v) is 3.89. The summed E-state index contributed by atoms with van der Waals surface area (Å²) in [6.45, 7) is 0. The third kappa shape index (κ3) is 2.05. The van der Waals surface area contributed by atoms with Crippen molar-refractivity contribution in [3.05, 3.63) is 42.1 Å². The molecule has 2 heteroatoms. The molecule has 2 N–H and O–H groups in total. The van der Waals surface area contributed by atoms with Crippen LogP contribution in [0.5, 0.6) is 0 Å². The number of nitrogens with zero attached hydrogens (tertiary/aromatic N) is 1. The molecule has 0 saturated heterocycles. The van der Waals surface area contributed by atoms with E-state index in [1.54, 1.807) is 0 Å². The van der Waals surface area contributed by atoms with E-state index in [-0.39, 0.29) is 0 Å². The fraction of sp³-hybridized carbons (Fsp3) is 0.400. The first kappa shape index (κ1) is 10.7. The first-order chi connectivity index (χ1) is 8.34. The van der Waals surface area contributed by atoms with Gasteiger partial charge in [0, 0.05) is 17.6 Å². The molecule has 1 saturated carbocycles. The number of benzene rings is 1. The van der Waals surface area contributed by atoms with Crippen molar-refractivity contribution >= 4 is 10.9 Å². The van der Waals surface area contributed by atoms with Crippen LogP contribution in [0.1, 0.15) is 37.2 Å². The predicted octanol–water partition coefficient (Wildman–Crippen LogP) is 3.22. The summed E-state index contributed by atoms with van der Waals surface area (Å²) in [5.41, 5.74) is 8.55. The zero-order valence-electron chi connectivity index (χ0n) is 9.97. The van der Waals surface area contributed by atoms with E-state index in [1.807, 2.05) is 6.20 Å². The van der Waals surface area contributed by atoms with Crippen LogP contribution in [-0.4, -0.2) is 11.0 Å². The van der Waals surface area contributed by atoms with Crippen LogP contribution >= 0.6 is 0 Å². The van der Waals surface area contributed by atoms with Crippen LogP contribution in [0.3, 0.4) is 0 Å². The lowest BCUT2D eigenvalue weighted by Crippen LogP contribution is -2.25. The lowest BCUT2D eigenvalue weighted by molar-refractivity contribution is 0.397. The minimum Gasteiger partial charge on any atom is -0.328 e. The Kier molecular flexibility index (Phi) is 2.81. The smallest absolute Gasteiger partial charge is 0.0704 e. The number of hydrogen-bond donors (Lipinski definition) is 1. The molecule has 1 aromatic heterocycles. The van der Waals surface area contributed by atoms with Crippen molar-refractivity contribution in [3.63, 3.8) is 0 Å². The van der Waals surface area contributed by atoms with Crippen LogP contribution in [0.2, 0.25) is 0 Å². The van der Waals surface area contributed by atoms with Crippen molar-refractivity contribution in [1.82, 2.24) is 4.98 Å². The van der Waals surface area contributed by atoms with Crippen molar-refractivity contribution in [2.75, 3.05) is 0 Å². The van der Waals surface area contributed by atoms with Crippen LogP contribution in [0, 0.1) is 0 Å². The standard InChI is InChI=1S/C15H18N2/c16-12-7-5-11(6-8-12)13-9-10-17-15-4-2-1-3-14(13)15/h1-4,9-12H,5-8,16H2. The Hall–Kier alpha value is -1.41. The Morgan fingerprint density at radius 3 is 2.59 bits per heavy atom. The van der Waals surface area contributed by atoms with E-state index < -0.39 is 0 Å². The molecule has 17 heavy (non-hydrogen) atoms. The highest BCUT2D eigenvalue weighted by molar-refractivity contribution is 5.82. The number of para-hydroxylation sites is 1. The van der Waals surface area contributed by atoms with Gasteiger partial charge in [0.15, 0.2) is 0 Å². The largest absolute Gasteiger partial charge is 0.328 e. The summed E-state index contributed by atoms with van der Waals surface area (Å²) in [5.74, 6) is 0.669. The first-order valence-electron chi connectivity index (χ1n) is 6.44. The highest BCUT2D eigenvalue weighted by Crippen LogP contribution is 2.35. The average Bonchev–Trinajstić information content (AvgIpc) is 2.39. The molecule has 0 unspecified atom stereocenters. The molecule has 88 valence electrons. The second kappa shape index (κ2) is 4.46. The molecule has 0 bridgehead atoms. The molecule has 0 radical (unpaired) electrons. The van der Waals surface area contributed by atoms with Gasteiger partial charge in [-0.25, -0.2) is 0 Å². The molecule has 1 aliphatic rings. The number of hydrogen-bond acceptors (Lipinski definition) is 2. The van der Waals surface area contributed by atoms with Crippen molar-refractivity contribution in [2.45, 2.75) is 37.6 Å². The lowest BCUT2D eigenvalue weighted by atomic mass is 9.81. The highest BCUT2D eigenvalue weighted by Gasteiger charge is 2.21. The third-order valence-electron chi connectivity index (χ3n) is 3.89. The number of rotatable bonds is 1. The van der Waals surface area contributed by atoms with E-state index in [1.165, 1.54) is 23.8 Å². The summed E-state index contributed by atoms with van der Waals surface area (Å²) in [6.07, 6.45) is 6.68. The van der Waals surface area contributed by atoms with Gasteiger partial charge < -0.3 is 5.73 Å². The minimum absolute atomic E-state index is 0.416. The van der Waals surface area contributed by atoms with Gasteiger partial charge in [-0.05, 0) is 49.3 Å². The molecule has 0 atom stereocenters. The Labute approximate surface area is 102 Å². The van der Waals surface area contributed by atoms with E-state index in [2.05, 4.69) is 35.3 Å². The van der Waals surface area contributed by atoms with Crippen LogP contribution in [0.4, 0.5) is 0 Å². The SMILES string of the molecule is NC1CCC(c2ccnc3ccccc23)CC1. The topological polar surface area (TPSA) is 38.9 Å². The lowest BCUT2D eigenvalue weighted by Gasteiger charge is -2.27. The van der Waals surface area contributed by atoms with Crippen LogP contribution < -0.4 is 5.73 Å². The summed E-state index contributed by atoms with van der Waals surface area (Å²) in [4.78, 5) is 4.43. The molecule has 2 nitrogen and oxygen atoms in total. The van der Waals surface area contributed by atoms with Gasteiger partial charge in [0.1, 0.15) is 0 Å². The molecule has 3 rings (SSSR count). The second-order valence-corrected chi connectivity index (χ2v) is 5.03. The van der Waals surface area contributed by atoms with Gasteiger partial charge in [-0.1, -0.05) is 18.2 Å². The molecule has 2 aromatic rings. The van der Waals surface area contributed by atoms with Gasteiger partial charge in [-0.15, -0.1) is 0 Å². The fourth-order valence-corrected chi connectivity index (χ4v) is 2.90. The van der Waals surface area contributed by atoms with Crippen molar-refractivity contribution in [2.24, 2.45) is 5.73 Å². The van der Waals surface area contributed by atoms with Crippen LogP contribution in [0.25, 0.3) is 10.9 Å². The van der Waals surface area contributed by atoms with Gasteiger partial charge >= 0.3 is 0 Å². The molecular formula is C15H18N2. The van der Waals surface area contributed by atoms with Crippen molar-refractivity contribution in [3.8, 4) is 0 Å². The van der Waals surface area contributed by atoms with Gasteiger partial charge in [-0.3, -0.25) is 4.98 Å². The molecule has 0 spiro atoms. The number of aromatic nitrogens is 1. The average molecular weight is 226 g/mol. The predicted molar refractivity (Wildman–Crippen MR) is 70.9 cm³/mol. The van der Waals surface area contributed by atoms with Gasteiger partial charge in [0.25, 0.3) is 0 Å². The molecule has 0 aliphatic heterocycles. The zero-order valence-corrected chi connectivity index (χ0v) is 9.97. The normalized spacial score (nSPS) is 25.0. The zero-order chi connectivity index (χ0) is 11.7. The molecule has 1 aliphatic carbocycles. The van der Waals surface area contributed by atoms with E-state index in [0.29, 0.717) is 12.0 Å². The first-order valence-corrected chi connectivity index (χ1v) is 6.44. The summed E-state index contributed by atoms with van der Waals surface area (Å²) in [7, 11) is 0. The molecular weight excluding hydrogens is 208 g/mol. The quantitative estimate of drug-likeness (QED) is 0.811. The molecule has 1 heterocycles. The summed E-state index contributed by atoms with van der Waals surface area (Å²) >= 11 is 0. The molecule has 0 amide bonds. The van der Waals surface area contributed by atoms with E-state index in [4.69, 9.17) is 5.73 Å². The van der Waals surface area contributed by atoms with Gasteiger partial charge in [-0.2, -0.15) is 0 Å². The molecule has 1 aromatic carbocycles. The number of pyridine rings is 1. The monoisotopic (exact) mass is 226 g/mol. The number of nitrogens with two attached hydrogens (primary N) is 1. The van der Waals surface area contributed by atoms with E-state index in [9.17, 15) is 0 Å².